The van der Waals surface area contributed by atoms with Gasteiger partial charge < -0.3 is 10.6 Å². The first-order valence-electron chi connectivity index (χ1n) is 5.13. The summed E-state index contributed by atoms with van der Waals surface area (Å²) in [5, 5.41) is 2.63. The zero-order chi connectivity index (χ0) is 11.5. The van der Waals surface area contributed by atoms with Crippen molar-refractivity contribution in [2.45, 2.75) is 13.5 Å². The van der Waals surface area contributed by atoms with Crippen LogP contribution in [0.2, 0.25) is 0 Å². The smallest absolute Gasteiger partial charge is 0.180 e. The average Bonchev–Trinajstić information content (AvgIpc) is 2.64. The number of nitrogen functional groups attached to an aromatic ring is 1. The van der Waals surface area contributed by atoms with Crippen molar-refractivity contribution in [1.82, 2.24) is 4.98 Å². The maximum absolute atomic E-state index is 5.61. The van der Waals surface area contributed by atoms with Gasteiger partial charge in [-0.05, 0) is 24.6 Å². The molecule has 0 saturated carbocycles. The molecule has 2 N–H and O–H groups in total. The maximum Gasteiger partial charge on any atom is 0.180 e. The third-order valence-corrected chi connectivity index (χ3v) is 3.13. The molecule has 0 aliphatic carbocycles. The van der Waals surface area contributed by atoms with Crippen LogP contribution in [0.25, 0.3) is 0 Å². The van der Waals surface area contributed by atoms with Gasteiger partial charge >= 0.3 is 0 Å². The Bertz CT molecular complexity index is 479. The molecule has 16 heavy (non-hydrogen) atoms. The summed E-state index contributed by atoms with van der Waals surface area (Å²) in [6, 6.07) is 8.42. The van der Waals surface area contributed by atoms with Gasteiger partial charge in [-0.2, -0.15) is 0 Å². The molecule has 2 aromatic rings. The van der Waals surface area contributed by atoms with Crippen molar-refractivity contribution in [3.8, 4) is 0 Å². The minimum atomic E-state index is 0.632. The van der Waals surface area contributed by atoms with Crippen LogP contribution in [-0.2, 0) is 6.54 Å². The molecule has 1 aromatic carbocycles. The van der Waals surface area contributed by atoms with Gasteiger partial charge in [-0.15, -0.1) is 11.3 Å². The van der Waals surface area contributed by atoms with Crippen molar-refractivity contribution in [3.63, 3.8) is 0 Å². The molecule has 0 spiro atoms. The van der Waals surface area contributed by atoms with Gasteiger partial charge in [0.15, 0.2) is 5.13 Å². The summed E-state index contributed by atoms with van der Waals surface area (Å²) in [5.74, 6) is 0. The van der Waals surface area contributed by atoms with E-state index in [0.717, 1.165) is 12.2 Å². The largest absolute Gasteiger partial charge is 0.375 e. The van der Waals surface area contributed by atoms with Crippen molar-refractivity contribution < 1.29 is 0 Å². The summed E-state index contributed by atoms with van der Waals surface area (Å²) in [6.07, 6.45) is 0. The SMILES string of the molecule is Cc1cccc(N(C)Cc2csc(N)n2)c1. The number of thiazole rings is 1. The molecule has 0 amide bonds. The predicted molar refractivity (Wildman–Crippen MR) is 69.8 cm³/mol. The van der Waals surface area contributed by atoms with Crippen LogP contribution in [0.1, 0.15) is 11.3 Å². The molecular weight excluding hydrogens is 218 g/mol. The Morgan fingerprint density at radius 1 is 1.44 bits per heavy atom. The molecule has 2 rings (SSSR count). The second-order valence-corrected chi connectivity index (χ2v) is 4.76. The normalized spacial score (nSPS) is 10.4. The first kappa shape index (κ1) is 11.0. The van der Waals surface area contributed by atoms with E-state index in [9.17, 15) is 0 Å². The monoisotopic (exact) mass is 233 g/mol. The highest BCUT2D eigenvalue weighted by atomic mass is 32.1. The van der Waals surface area contributed by atoms with E-state index in [1.807, 2.05) is 5.38 Å². The van der Waals surface area contributed by atoms with E-state index in [-0.39, 0.29) is 0 Å². The van der Waals surface area contributed by atoms with Gasteiger partial charge in [0.1, 0.15) is 0 Å². The Hall–Kier alpha value is -1.55. The van der Waals surface area contributed by atoms with Gasteiger partial charge in [0.05, 0.1) is 12.2 Å². The van der Waals surface area contributed by atoms with Crippen LogP contribution in [0.4, 0.5) is 10.8 Å². The maximum atomic E-state index is 5.61. The number of aromatic nitrogens is 1. The van der Waals surface area contributed by atoms with Crippen LogP contribution in [0, 0.1) is 6.92 Å². The summed E-state index contributed by atoms with van der Waals surface area (Å²) >= 11 is 1.48. The molecule has 0 atom stereocenters. The minimum absolute atomic E-state index is 0.632. The quantitative estimate of drug-likeness (QED) is 0.886. The number of hydrogen-bond donors (Lipinski definition) is 1. The summed E-state index contributed by atoms with van der Waals surface area (Å²) in [7, 11) is 2.06. The molecule has 0 saturated heterocycles. The molecule has 1 heterocycles. The highest BCUT2D eigenvalue weighted by Crippen LogP contribution is 2.18. The average molecular weight is 233 g/mol. The van der Waals surface area contributed by atoms with E-state index < -0.39 is 0 Å². The second-order valence-electron chi connectivity index (χ2n) is 3.87. The fraction of sp³-hybridized carbons (Fsp3) is 0.250. The van der Waals surface area contributed by atoms with Crippen molar-refractivity contribution in [3.05, 3.63) is 40.9 Å². The molecular formula is C12H15N3S. The lowest BCUT2D eigenvalue weighted by molar-refractivity contribution is 0.895. The van der Waals surface area contributed by atoms with Gasteiger partial charge in [0.2, 0.25) is 0 Å². The molecule has 0 aliphatic heterocycles. The number of benzene rings is 1. The Morgan fingerprint density at radius 2 is 2.25 bits per heavy atom. The molecule has 0 aliphatic rings. The van der Waals surface area contributed by atoms with Crippen LogP contribution in [-0.4, -0.2) is 12.0 Å². The summed E-state index contributed by atoms with van der Waals surface area (Å²) in [4.78, 5) is 6.42. The van der Waals surface area contributed by atoms with E-state index in [4.69, 9.17) is 5.73 Å². The van der Waals surface area contributed by atoms with Gasteiger partial charge in [0, 0.05) is 18.1 Å². The molecule has 0 bridgehead atoms. The van der Waals surface area contributed by atoms with Gasteiger partial charge in [0.25, 0.3) is 0 Å². The number of rotatable bonds is 3. The van der Waals surface area contributed by atoms with E-state index in [1.165, 1.54) is 22.6 Å². The molecule has 1 aromatic heterocycles. The van der Waals surface area contributed by atoms with Crippen LogP contribution in [0.5, 0.6) is 0 Å². The van der Waals surface area contributed by atoms with E-state index in [1.54, 1.807) is 0 Å². The van der Waals surface area contributed by atoms with E-state index in [2.05, 4.69) is 48.1 Å². The van der Waals surface area contributed by atoms with Crippen LogP contribution < -0.4 is 10.6 Å². The van der Waals surface area contributed by atoms with Crippen LogP contribution >= 0.6 is 11.3 Å². The first-order chi connectivity index (χ1) is 7.65. The third-order valence-electron chi connectivity index (χ3n) is 2.41. The second kappa shape index (κ2) is 4.53. The molecule has 4 heteroatoms. The fourth-order valence-electron chi connectivity index (χ4n) is 1.59. The van der Waals surface area contributed by atoms with Crippen molar-refractivity contribution in [1.29, 1.82) is 0 Å². The number of hydrogen-bond acceptors (Lipinski definition) is 4. The van der Waals surface area contributed by atoms with E-state index in [0.29, 0.717) is 5.13 Å². The van der Waals surface area contributed by atoms with Crippen LogP contribution in [0.15, 0.2) is 29.6 Å². The highest BCUT2D eigenvalue weighted by Gasteiger charge is 2.04. The minimum Gasteiger partial charge on any atom is -0.375 e. The number of aryl methyl sites for hydroxylation is 1. The number of nitrogens with zero attached hydrogens (tertiary/aromatic N) is 2. The summed E-state index contributed by atoms with van der Waals surface area (Å²) in [6.45, 7) is 2.88. The molecule has 3 nitrogen and oxygen atoms in total. The highest BCUT2D eigenvalue weighted by molar-refractivity contribution is 7.13. The molecule has 0 unspecified atom stereocenters. The lowest BCUT2D eigenvalue weighted by Gasteiger charge is -2.18. The molecule has 84 valence electrons. The first-order valence-corrected chi connectivity index (χ1v) is 6.01. The Morgan fingerprint density at radius 3 is 2.88 bits per heavy atom. The summed E-state index contributed by atoms with van der Waals surface area (Å²) < 4.78 is 0. The third kappa shape index (κ3) is 2.52. The lowest BCUT2D eigenvalue weighted by atomic mass is 10.2. The van der Waals surface area contributed by atoms with Gasteiger partial charge in [-0.1, -0.05) is 12.1 Å². The predicted octanol–water partition coefficient (Wildman–Crippen LogP) is 2.67. The lowest BCUT2D eigenvalue weighted by Crippen LogP contribution is -2.16. The Labute approximate surface area is 99.5 Å². The topological polar surface area (TPSA) is 42.1 Å². The summed E-state index contributed by atoms with van der Waals surface area (Å²) in [5.41, 5.74) is 9.09. The fourth-order valence-corrected chi connectivity index (χ4v) is 2.15. The zero-order valence-corrected chi connectivity index (χ0v) is 10.3. The van der Waals surface area contributed by atoms with Gasteiger partial charge in [-0.25, -0.2) is 4.98 Å². The van der Waals surface area contributed by atoms with Crippen LogP contribution in [0.3, 0.4) is 0 Å². The standard InChI is InChI=1S/C12H15N3S/c1-9-4-3-5-11(6-9)15(2)7-10-8-16-12(13)14-10/h3-6,8H,7H2,1-2H3,(H2,13,14). The molecule has 0 radical (unpaired) electrons. The Kier molecular flexibility index (Phi) is 3.10. The van der Waals surface area contributed by atoms with Crippen molar-refractivity contribution in [2.24, 2.45) is 0 Å². The van der Waals surface area contributed by atoms with E-state index >= 15 is 0 Å². The van der Waals surface area contributed by atoms with Crippen molar-refractivity contribution >= 4 is 22.2 Å². The molecule has 0 fully saturated rings. The van der Waals surface area contributed by atoms with Crippen molar-refractivity contribution in [2.75, 3.05) is 17.7 Å². The zero-order valence-electron chi connectivity index (χ0n) is 9.47. The number of nitrogens with two attached hydrogens (primary N) is 1. The Balaban J connectivity index is 2.11. The number of anilines is 2. The van der Waals surface area contributed by atoms with Gasteiger partial charge in [-0.3, -0.25) is 0 Å².